The maximum absolute atomic E-state index is 12.6. The van der Waals surface area contributed by atoms with Crippen molar-refractivity contribution in [3.8, 4) is 0 Å². The van der Waals surface area contributed by atoms with Crippen LogP contribution >= 0.6 is 35.3 Å². The van der Waals surface area contributed by atoms with Crippen LogP contribution < -0.4 is 0 Å². The standard InChI is InChI=1S/C10H11F3S3/c1-14-7-4-6(10(11,12)13)5-8(15-2)9(7)16-3/h4-5H,1-3H3. The summed E-state index contributed by atoms with van der Waals surface area (Å²) in [5.41, 5.74) is -0.570. The van der Waals surface area contributed by atoms with Crippen molar-refractivity contribution in [3.63, 3.8) is 0 Å². The molecule has 0 N–H and O–H groups in total. The fourth-order valence-corrected chi connectivity index (χ4v) is 3.91. The molecule has 1 aromatic carbocycles. The van der Waals surface area contributed by atoms with Crippen molar-refractivity contribution in [2.75, 3.05) is 18.8 Å². The Hall–Kier alpha value is 0.0600. The normalized spacial score (nSPS) is 11.9. The van der Waals surface area contributed by atoms with Gasteiger partial charge in [-0.3, -0.25) is 0 Å². The third-order valence-electron chi connectivity index (χ3n) is 1.99. The van der Waals surface area contributed by atoms with E-state index in [1.165, 1.54) is 47.4 Å². The van der Waals surface area contributed by atoms with Crippen LogP contribution in [0.2, 0.25) is 0 Å². The van der Waals surface area contributed by atoms with Crippen LogP contribution in [0.15, 0.2) is 26.8 Å². The summed E-state index contributed by atoms with van der Waals surface area (Å²) in [5, 5.41) is 0. The Morgan fingerprint density at radius 1 is 0.875 bits per heavy atom. The van der Waals surface area contributed by atoms with Crippen LogP contribution in [-0.4, -0.2) is 18.8 Å². The van der Waals surface area contributed by atoms with Crippen molar-refractivity contribution in [2.24, 2.45) is 0 Å². The molecule has 0 fully saturated rings. The molecular weight excluding hydrogens is 273 g/mol. The number of hydrogen-bond donors (Lipinski definition) is 0. The van der Waals surface area contributed by atoms with Gasteiger partial charge < -0.3 is 0 Å². The lowest BCUT2D eigenvalue weighted by molar-refractivity contribution is -0.137. The minimum atomic E-state index is -4.27. The van der Waals surface area contributed by atoms with Gasteiger partial charge in [0, 0.05) is 14.7 Å². The van der Waals surface area contributed by atoms with E-state index >= 15 is 0 Å². The summed E-state index contributed by atoms with van der Waals surface area (Å²) in [5.74, 6) is 0. The van der Waals surface area contributed by atoms with Gasteiger partial charge in [0.2, 0.25) is 0 Å². The molecule has 0 radical (unpaired) electrons. The van der Waals surface area contributed by atoms with Crippen molar-refractivity contribution >= 4 is 35.3 Å². The Kier molecular flexibility index (Phi) is 4.94. The van der Waals surface area contributed by atoms with Gasteiger partial charge in [-0.05, 0) is 30.9 Å². The first-order valence-electron chi connectivity index (χ1n) is 4.31. The second-order valence-electron chi connectivity index (χ2n) is 2.91. The van der Waals surface area contributed by atoms with Gasteiger partial charge >= 0.3 is 6.18 Å². The van der Waals surface area contributed by atoms with Crippen LogP contribution in [0.5, 0.6) is 0 Å². The Balaban J connectivity index is 3.37. The van der Waals surface area contributed by atoms with E-state index < -0.39 is 11.7 Å². The minimum Gasteiger partial charge on any atom is -0.166 e. The topological polar surface area (TPSA) is 0 Å². The van der Waals surface area contributed by atoms with E-state index in [4.69, 9.17) is 0 Å². The molecule has 0 aliphatic carbocycles. The lowest BCUT2D eigenvalue weighted by atomic mass is 10.2. The Labute approximate surface area is 106 Å². The van der Waals surface area contributed by atoms with Gasteiger partial charge in [0.1, 0.15) is 0 Å². The van der Waals surface area contributed by atoms with Crippen LogP contribution in [0.25, 0.3) is 0 Å². The van der Waals surface area contributed by atoms with Crippen LogP contribution in [-0.2, 0) is 6.18 Å². The molecule has 0 saturated carbocycles. The summed E-state index contributed by atoms with van der Waals surface area (Å²) in [6, 6.07) is 2.44. The summed E-state index contributed by atoms with van der Waals surface area (Å²) in [7, 11) is 0. The van der Waals surface area contributed by atoms with Crippen LogP contribution in [0.3, 0.4) is 0 Å². The van der Waals surface area contributed by atoms with Crippen molar-refractivity contribution in [2.45, 2.75) is 20.9 Å². The molecule has 0 amide bonds. The molecule has 0 aliphatic heterocycles. The molecule has 90 valence electrons. The van der Waals surface area contributed by atoms with Crippen molar-refractivity contribution in [1.82, 2.24) is 0 Å². The maximum Gasteiger partial charge on any atom is 0.416 e. The van der Waals surface area contributed by atoms with E-state index in [2.05, 4.69) is 0 Å². The highest BCUT2D eigenvalue weighted by atomic mass is 32.2. The second-order valence-corrected chi connectivity index (χ2v) is 5.42. The van der Waals surface area contributed by atoms with Crippen LogP contribution in [0.1, 0.15) is 5.56 Å². The molecule has 0 aliphatic rings. The highest BCUT2D eigenvalue weighted by Gasteiger charge is 2.32. The SMILES string of the molecule is CSc1cc(C(F)(F)F)cc(SC)c1SC. The second kappa shape index (κ2) is 5.60. The van der Waals surface area contributed by atoms with Gasteiger partial charge in [0.25, 0.3) is 0 Å². The molecule has 0 bridgehead atoms. The van der Waals surface area contributed by atoms with E-state index in [-0.39, 0.29) is 0 Å². The van der Waals surface area contributed by atoms with Gasteiger partial charge in [0.05, 0.1) is 5.56 Å². The number of rotatable bonds is 3. The quantitative estimate of drug-likeness (QED) is 0.727. The molecule has 0 saturated heterocycles. The smallest absolute Gasteiger partial charge is 0.166 e. The first-order chi connectivity index (χ1) is 7.43. The van der Waals surface area contributed by atoms with Gasteiger partial charge in [-0.2, -0.15) is 13.2 Å². The fraction of sp³-hybridized carbons (Fsp3) is 0.400. The van der Waals surface area contributed by atoms with E-state index in [0.717, 1.165) is 4.90 Å². The first kappa shape index (κ1) is 14.1. The van der Waals surface area contributed by atoms with Gasteiger partial charge in [-0.25, -0.2) is 0 Å². The zero-order valence-electron chi connectivity index (χ0n) is 9.01. The number of hydrogen-bond acceptors (Lipinski definition) is 3. The number of thioether (sulfide) groups is 3. The molecule has 0 heterocycles. The summed E-state index contributed by atoms with van der Waals surface area (Å²) in [6.07, 6.45) is 1.19. The van der Waals surface area contributed by atoms with Crippen molar-refractivity contribution < 1.29 is 13.2 Å². The minimum absolute atomic E-state index is 0.570. The van der Waals surface area contributed by atoms with Gasteiger partial charge in [0.15, 0.2) is 0 Å². The van der Waals surface area contributed by atoms with E-state index in [1.54, 1.807) is 12.5 Å². The average molecular weight is 284 g/mol. The molecular formula is C10H11F3S3. The molecule has 1 aromatic rings. The molecule has 1 rings (SSSR count). The van der Waals surface area contributed by atoms with Gasteiger partial charge in [-0.1, -0.05) is 0 Å². The third kappa shape index (κ3) is 3.05. The van der Waals surface area contributed by atoms with Crippen molar-refractivity contribution in [3.05, 3.63) is 17.7 Å². The highest BCUT2D eigenvalue weighted by molar-refractivity contribution is 8.03. The molecule has 0 aromatic heterocycles. The zero-order chi connectivity index (χ0) is 12.3. The molecule has 0 nitrogen and oxygen atoms in total. The Morgan fingerprint density at radius 2 is 1.31 bits per heavy atom. The number of alkyl halides is 3. The van der Waals surface area contributed by atoms with Crippen LogP contribution in [0, 0.1) is 0 Å². The first-order valence-corrected chi connectivity index (χ1v) is 7.98. The summed E-state index contributed by atoms with van der Waals surface area (Å²) < 4.78 is 37.9. The summed E-state index contributed by atoms with van der Waals surface area (Å²) >= 11 is 4.17. The molecule has 0 unspecified atom stereocenters. The predicted octanol–water partition coefficient (Wildman–Crippen LogP) is 4.87. The van der Waals surface area contributed by atoms with E-state index in [9.17, 15) is 13.2 Å². The number of halogens is 3. The van der Waals surface area contributed by atoms with E-state index in [0.29, 0.717) is 9.79 Å². The van der Waals surface area contributed by atoms with E-state index in [1.807, 2.05) is 6.26 Å². The fourth-order valence-electron chi connectivity index (χ4n) is 1.24. The third-order valence-corrected chi connectivity index (χ3v) is 4.62. The average Bonchev–Trinajstić information content (AvgIpc) is 2.25. The largest absolute Gasteiger partial charge is 0.416 e. The Bertz CT molecular complexity index is 349. The monoisotopic (exact) mass is 284 g/mol. The van der Waals surface area contributed by atoms with Crippen LogP contribution in [0.4, 0.5) is 13.2 Å². The maximum atomic E-state index is 12.6. The predicted molar refractivity (Wildman–Crippen MR) is 66.8 cm³/mol. The molecule has 16 heavy (non-hydrogen) atoms. The summed E-state index contributed by atoms with van der Waals surface area (Å²) in [6.45, 7) is 0. The highest BCUT2D eigenvalue weighted by Crippen LogP contribution is 2.41. The Morgan fingerprint density at radius 3 is 1.56 bits per heavy atom. The zero-order valence-corrected chi connectivity index (χ0v) is 11.5. The lowest BCUT2D eigenvalue weighted by Gasteiger charge is -2.14. The molecule has 0 spiro atoms. The summed E-state index contributed by atoms with van der Waals surface area (Å²) in [4.78, 5) is 2.30. The number of benzene rings is 1. The molecule has 6 heteroatoms. The lowest BCUT2D eigenvalue weighted by Crippen LogP contribution is -2.05. The van der Waals surface area contributed by atoms with Crippen molar-refractivity contribution in [1.29, 1.82) is 0 Å². The van der Waals surface area contributed by atoms with Gasteiger partial charge in [-0.15, -0.1) is 35.3 Å². The molecule has 0 atom stereocenters.